The van der Waals surface area contributed by atoms with Gasteiger partial charge in [-0.2, -0.15) is 0 Å². The van der Waals surface area contributed by atoms with E-state index in [9.17, 15) is 0 Å². The largest absolute Gasteiger partial charge is 0.496 e. The number of hydrogen-bond acceptors (Lipinski definition) is 5. The lowest BCUT2D eigenvalue weighted by molar-refractivity contribution is 0.407. The predicted molar refractivity (Wildman–Crippen MR) is 94.8 cm³/mol. The molecule has 3 rings (SSSR count). The van der Waals surface area contributed by atoms with Crippen LogP contribution in [0.1, 0.15) is 18.4 Å². The molecule has 6 heteroatoms. The summed E-state index contributed by atoms with van der Waals surface area (Å²) in [6.45, 7) is 2.86. The molecule has 122 valence electrons. The number of benzene rings is 1. The summed E-state index contributed by atoms with van der Waals surface area (Å²) in [4.78, 5) is 10.9. The number of methoxy groups -OCH3 is 1. The van der Waals surface area contributed by atoms with Crippen LogP contribution in [0, 0.1) is 0 Å². The third-order valence-corrected chi connectivity index (χ3v) is 4.76. The molecule has 2 aromatic rings. The number of anilines is 1. The Balaban J connectivity index is 1.48. The topological polar surface area (TPSA) is 50.3 Å². The zero-order valence-corrected chi connectivity index (χ0v) is 14.8. The average Bonchev–Trinajstić information content (AvgIpc) is 2.61. The molecule has 1 aliphatic heterocycles. The van der Waals surface area contributed by atoms with E-state index in [2.05, 4.69) is 48.2 Å². The highest BCUT2D eigenvalue weighted by Crippen LogP contribution is 2.25. The van der Waals surface area contributed by atoms with E-state index in [1.165, 1.54) is 5.56 Å². The highest BCUT2D eigenvalue weighted by molar-refractivity contribution is 9.10. The van der Waals surface area contributed by atoms with Gasteiger partial charge in [0.15, 0.2) is 0 Å². The summed E-state index contributed by atoms with van der Waals surface area (Å²) in [5.74, 6) is 1.70. The van der Waals surface area contributed by atoms with Gasteiger partial charge in [0, 0.05) is 38.1 Å². The molecule has 1 fully saturated rings. The van der Waals surface area contributed by atoms with Crippen LogP contribution in [-0.4, -0.2) is 36.2 Å². The highest BCUT2D eigenvalue weighted by atomic mass is 79.9. The van der Waals surface area contributed by atoms with Crippen LogP contribution >= 0.6 is 15.9 Å². The van der Waals surface area contributed by atoms with Crippen molar-refractivity contribution in [2.24, 2.45) is 0 Å². The number of nitrogens with one attached hydrogen (secondary N) is 1. The molecule has 1 aromatic heterocycles. The number of rotatable bonds is 5. The number of aromatic nitrogens is 2. The normalized spacial score (nSPS) is 15.7. The first kappa shape index (κ1) is 16.2. The summed E-state index contributed by atoms with van der Waals surface area (Å²) in [5, 5.41) is 3.65. The Morgan fingerprint density at radius 3 is 2.65 bits per heavy atom. The molecular formula is C17H21BrN4O. The van der Waals surface area contributed by atoms with Gasteiger partial charge in [0.2, 0.25) is 5.95 Å². The van der Waals surface area contributed by atoms with Gasteiger partial charge in [0.05, 0.1) is 11.6 Å². The first-order valence-electron chi connectivity index (χ1n) is 7.84. The van der Waals surface area contributed by atoms with Gasteiger partial charge in [-0.15, -0.1) is 0 Å². The first-order valence-corrected chi connectivity index (χ1v) is 8.63. The number of piperidine rings is 1. The van der Waals surface area contributed by atoms with Gasteiger partial charge < -0.3 is 15.0 Å². The summed E-state index contributed by atoms with van der Waals surface area (Å²) in [7, 11) is 1.68. The van der Waals surface area contributed by atoms with E-state index >= 15 is 0 Å². The van der Waals surface area contributed by atoms with Crippen LogP contribution in [0.15, 0.2) is 41.1 Å². The quantitative estimate of drug-likeness (QED) is 0.868. The van der Waals surface area contributed by atoms with Crippen molar-refractivity contribution < 1.29 is 4.74 Å². The minimum atomic E-state index is 0.538. The summed E-state index contributed by atoms with van der Waals surface area (Å²) in [6.07, 6.45) is 5.81. The van der Waals surface area contributed by atoms with Crippen molar-refractivity contribution in [2.75, 3.05) is 25.1 Å². The lowest BCUT2D eigenvalue weighted by Crippen LogP contribution is -2.42. The van der Waals surface area contributed by atoms with E-state index in [1.54, 1.807) is 19.5 Å². The number of nitrogens with zero attached hydrogens (tertiary/aromatic N) is 3. The van der Waals surface area contributed by atoms with Crippen LogP contribution in [0.5, 0.6) is 5.75 Å². The SMILES string of the molecule is COc1ccc(CNC2CCN(c3ncccn3)CC2)cc1Br. The summed E-state index contributed by atoms with van der Waals surface area (Å²) >= 11 is 3.53. The maximum absolute atomic E-state index is 5.26. The third-order valence-electron chi connectivity index (χ3n) is 4.14. The molecule has 0 spiro atoms. The Hall–Kier alpha value is -1.66. The standard InChI is InChI=1S/C17H21BrN4O/c1-23-16-4-3-13(11-15(16)18)12-21-14-5-9-22(10-6-14)17-19-7-2-8-20-17/h2-4,7-8,11,14,21H,5-6,9-10,12H2,1H3. The van der Waals surface area contributed by atoms with Crippen LogP contribution < -0.4 is 15.0 Å². The third kappa shape index (κ3) is 4.20. The molecule has 2 heterocycles. The molecule has 1 aromatic carbocycles. The molecule has 0 amide bonds. The monoisotopic (exact) mass is 376 g/mol. The van der Waals surface area contributed by atoms with Crippen molar-refractivity contribution in [3.05, 3.63) is 46.7 Å². The summed E-state index contributed by atoms with van der Waals surface area (Å²) in [5.41, 5.74) is 1.26. The fraction of sp³-hybridized carbons (Fsp3) is 0.412. The zero-order valence-electron chi connectivity index (χ0n) is 13.2. The van der Waals surface area contributed by atoms with E-state index in [4.69, 9.17) is 4.74 Å². The molecule has 1 aliphatic rings. The second-order valence-corrected chi connectivity index (χ2v) is 6.51. The van der Waals surface area contributed by atoms with Crippen molar-refractivity contribution in [1.82, 2.24) is 15.3 Å². The predicted octanol–water partition coefficient (Wildman–Crippen LogP) is 3.01. The van der Waals surface area contributed by atoms with Crippen molar-refractivity contribution in [3.63, 3.8) is 0 Å². The van der Waals surface area contributed by atoms with Crippen molar-refractivity contribution in [1.29, 1.82) is 0 Å². The Morgan fingerprint density at radius 1 is 1.26 bits per heavy atom. The molecule has 0 unspecified atom stereocenters. The lowest BCUT2D eigenvalue weighted by Gasteiger charge is -2.32. The van der Waals surface area contributed by atoms with Gasteiger partial charge in [-0.1, -0.05) is 6.07 Å². The molecule has 0 atom stereocenters. The molecule has 0 radical (unpaired) electrons. The molecular weight excluding hydrogens is 356 g/mol. The Morgan fingerprint density at radius 2 is 2.00 bits per heavy atom. The summed E-state index contributed by atoms with van der Waals surface area (Å²) < 4.78 is 6.26. The maximum atomic E-state index is 5.26. The molecule has 0 aliphatic carbocycles. The Kier molecular flexibility index (Phi) is 5.46. The van der Waals surface area contributed by atoms with Gasteiger partial charge in [0.1, 0.15) is 5.75 Å². The zero-order chi connectivity index (χ0) is 16.1. The number of halogens is 1. The number of hydrogen-bond donors (Lipinski definition) is 1. The van der Waals surface area contributed by atoms with Gasteiger partial charge in [-0.25, -0.2) is 9.97 Å². The van der Waals surface area contributed by atoms with Crippen LogP contribution in [0.25, 0.3) is 0 Å². The van der Waals surface area contributed by atoms with Gasteiger partial charge in [0.25, 0.3) is 0 Å². The van der Waals surface area contributed by atoms with Gasteiger partial charge in [-0.05, 0) is 52.5 Å². The van der Waals surface area contributed by atoms with Crippen LogP contribution in [0.2, 0.25) is 0 Å². The molecule has 23 heavy (non-hydrogen) atoms. The van der Waals surface area contributed by atoms with E-state index in [0.29, 0.717) is 6.04 Å². The Labute approximate surface area is 145 Å². The van der Waals surface area contributed by atoms with E-state index < -0.39 is 0 Å². The molecule has 0 saturated carbocycles. The maximum Gasteiger partial charge on any atom is 0.225 e. The van der Waals surface area contributed by atoms with Crippen molar-refractivity contribution in [2.45, 2.75) is 25.4 Å². The second kappa shape index (κ2) is 7.75. The van der Waals surface area contributed by atoms with Crippen LogP contribution in [-0.2, 0) is 6.54 Å². The van der Waals surface area contributed by atoms with E-state index in [0.717, 1.165) is 48.6 Å². The second-order valence-electron chi connectivity index (χ2n) is 5.66. The van der Waals surface area contributed by atoms with Crippen molar-refractivity contribution in [3.8, 4) is 5.75 Å². The minimum absolute atomic E-state index is 0.538. The van der Waals surface area contributed by atoms with Gasteiger partial charge >= 0.3 is 0 Å². The Bertz CT molecular complexity index is 630. The van der Waals surface area contributed by atoms with Crippen molar-refractivity contribution >= 4 is 21.9 Å². The van der Waals surface area contributed by atoms with Crippen LogP contribution in [0.3, 0.4) is 0 Å². The van der Waals surface area contributed by atoms with Crippen LogP contribution in [0.4, 0.5) is 5.95 Å². The molecule has 1 saturated heterocycles. The van der Waals surface area contributed by atoms with E-state index in [1.807, 2.05) is 12.1 Å². The molecule has 1 N–H and O–H groups in total. The average molecular weight is 377 g/mol. The fourth-order valence-electron chi connectivity index (χ4n) is 2.82. The number of ether oxygens (including phenoxy) is 1. The highest BCUT2D eigenvalue weighted by Gasteiger charge is 2.20. The fourth-order valence-corrected chi connectivity index (χ4v) is 3.41. The smallest absolute Gasteiger partial charge is 0.225 e. The summed E-state index contributed by atoms with van der Waals surface area (Å²) in [6, 6.07) is 8.60. The van der Waals surface area contributed by atoms with Gasteiger partial charge in [-0.3, -0.25) is 0 Å². The van der Waals surface area contributed by atoms with E-state index in [-0.39, 0.29) is 0 Å². The first-order chi connectivity index (χ1) is 11.3. The molecule has 0 bridgehead atoms. The lowest BCUT2D eigenvalue weighted by atomic mass is 10.0. The molecule has 5 nitrogen and oxygen atoms in total. The minimum Gasteiger partial charge on any atom is -0.496 e.